The van der Waals surface area contributed by atoms with Crippen molar-refractivity contribution in [2.75, 3.05) is 11.9 Å². The van der Waals surface area contributed by atoms with Gasteiger partial charge >= 0.3 is 0 Å². The summed E-state index contributed by atoms with van der Waals surface area (Å²) >= 11 is 1.37. The van der Waals surface area contributed by atoms with Gasteiger partial charge in [-0.1, -0.05) is 90.8 Å². The molecule has 0 saturated heterocycles. The van der Waals surface area contributed by atoms with E-state index in [9.17, 15) is 9.59 Å². The number of hydrogen-bond donors (Lipinski definition) is 1. The number of anilines is 1. The molecule has 2 aliphatic rings. The summed E-state index contributed by atoms with van der Waals surface area (Å²) in [6.07, 6.45) is 6.78. The molecule has 2 saturated carbocycles. The van der Waals surface area contributed by atoms with Gasteiger partial charge in [-0.15, -0.1) is 10.2 Å². The Hall–Kier alpha value is -3.06. The summed E-state index contributed by atoms with van der Waals surface area (Å²) in [5.74, 6) is 0.449. The largest absolute Gasteiger partial charge is 0.339 e. The summed E-state index contributed by atoms with van der Waals surface area (Å²) in [5.41, 5.74) is 3.41. The highest BCUT2D eigenvalue weighted by Crippen LogP contribution is 2.49. The maximum Gasteiger partial charge on any atom is 0.227 e. The smallest absolute Gasteiger partial charge is 0.227 e. The highest BCUT2D eigenvalue weighted by atomic mass is 32.1. The van der Waals surface area contributed by atoms with Gasteiger partial charge in [0.05, 0.1) is 0 Å². The van der Waals surface area contributed by atoms with Gasteiger partial charge in [0.1, 0.15) is 5.01 Å². The summed E-state index contributed by atoms with van der Waals surface area (Å²) in [6.45, 7) is 2.50. The van der Waals surface area contributed by atoms with Crippen LogP contribution in [-0.4, -0.2) is 39.5 Å². The molecule has 1 N–H and O–H groups in total. The predicted octanol–water partition coefficient (Wildman–Crippen LogP) is 5.81. The first-order valence-corrected chi connectivity index (χ1v) is 13.5. The van der Waals surface area contributed by atoms with Gasteiger partial charge in [0.15, 0.2) is 0 Å². The second-order valence-electron chi connectivity index (χ2n) is 9.76. The molecule has 2 unspecified atom stereocenters. The maximum absolute atomic E-state index is 13.5. The van der Waals surface area contributed by atoms with E-state index in [4.69, 9.17) is 0 Å². The monoisotopic (exact) mass is 488 g/mol. The van der Waals surface area contributed by atoms with Gasteiger partial charge in [-0.2, -0.15) is 0 Å². The number of nitrogens with one attached hydrogen (secondary N) is 1. The van der Waals surface area contributed by atoms with Gasteiger partial charge in [0, 0.05) is 30.5 Å². The standard InChI is InChI=1S/C28H32N4O2S/c1-19-12-14-21(15-13-19)26-30-31-28(35-26)29-25(33)16-17-32(22-10-6-3-7-11-22)27(34)24-18-23(24)20-8-4-2-5-9-20/h2,4-5,8-9,12-15,22-24H,3,6-7,10-11,16-18H2,1H3,(H,29,31,33). The van der Waals surface area contributed by atoms with Crippen molar-refractivity contribution in [3.63, 3.8) is 0 Å². The SMILES string of the molecule is Cc1ccc(-c2nnc(NC(=O)CCN(C(=O)C3CC3c3ccccc3)C3CCCCC3)s2)cc1. The first-order valence-electron chi connectivity index (χ1n) is 12.6. The third-order valence-corrected chi connectivity index (χ3v) is 8.07. The first kappa shape index (κ1) is 23.7. The topological polar surface area (TPSA) is 75.2 Å². The molecule has 7 heteroatoms. The average Bonchev–Trinajstić information content (AvgIpc) is 3.57. The zero-order chi connectivity index (χ0) is 24.2. The van der Waals surface area contributed by atoms with Crippen LogP contribution in [0.25, 0.3) is 10.6 Å². The van der Waals surface area contributed by atoms with E-state index in [1.807, 2.05) is 54.3 Å². The van der Waals surface area contributed by atoms with E-state index in [1.54, 1.807) is 0 Å². The van der Waals surface area contributed by atoms with Crippen molar-refractivity contribution in [1.29, 1.82) is 0 Å². The van der Waals surface area contributed by atoms with Crippen LogP contribution >= 0.6 is 11.3 Å². The van der Waals surface area contributed by atoms with E-state index in [1.165, 1.54) is 28.9 Å². The lowest BCUT2D eigenvalue weighted by molar-refractivity contribution is -0.136. The fourth-order valence-corrected chi connectivity index (χ4v) is 5.87. The summed E-state index contributed by atoms with van der Waals surface area (Å²) < 4.78 is 0. The number of benzene rings is 2. The number of aromatic nitrogens is 2. The number of carbonyl (C=O) groups excluding carboxylic acids is 2. The lowest BCUT2D eigenvalue weighted by Gasteiger charge is -2.34. The maximum atomic E-state index is 13.5. The molecule has 182 valence electrons. The van der Waals surface area contributed by atoms with E-state index in [-0.39, 0.29) is 30.2 Å². The molecular formula is C28H32N4O2S. The average molecular weight is 489 g/mol. The van der Waals surface area contributed by atoms with E-state index >= 15 is 0 Å². The van der Waals surface area contributed by atoms with E-state index in [0.717, 1.165) is 42.7 Å². The lowest BCUT2D eigenvalue weighted by Crippen LogP contribution is -2.44. The molecule has 0 radical (unpaired) electrons. The number of nitrogens with zero attached hydrogens (tertiary/aromatic N) is 3. The van der Waals surface area contributed by atoms with E-state index in [2.05, 4.69) is 27.6 Å². The van der Waals surface area contributed by atoms with Crippen molar-refractivity contribution in [2.24, 2.45) is 5.92 Å². The molecule has 1 heterocycles. The van der Waals surface area contributed by atoms with Crippen molar-refractivity contribution in [3.8, 4) is 10.6 Å². The molecule has 2 amide bonds. The highest BCUT2D eigenvalue weighted by molar-refractivity contribution is 7.18. The van der Waals surface area contributed by atoms with Crippen molar-refractivity contribution in [1.82, 2.24) is 15.1 Å². The van der Waals surface area contributed by atoms with Crippen LogP contribution in [0.2, 0.25) is 0 Å². The molecule has 2 aromatic carbocycles. The number of rotatable bonds is 8. The van der Waals surface area contributed by atoms with Crippen LogP contribution in [0.1, 0.15) is 62.0 Å². The molecule has 2 aliphatic carbocycles. The number of hydrogen-bond acceptors (Lipinski definition) is 5. The Morgan fingerprint density at radius 2 is 1.74 bits per heavy atom. The predicted molar refractivity (Wildman–Crippen MR) is 139 cm³/mol. The number of carbonyl (C=O) groups is 2. The first-order chi connectivity index (χ1) is 17.1. The molecule has 5 rings (SSSR count). The Bertz CT molecular complexity index is 1160. The van der Waals surface area contributed by atoms with Gasteiger partial charge in [0.25, 0.3) is 0 Å². The lowest BCUT2D eigenvalue weighted by atomic mass is 9.93. The molecule has 1 aromatic heterocycles. The van der Waals surface area contributed by atoms with Crippen LogP contribution in [0.15, 0.2) is 54.6 Å². The van der Waals surface area contributed by atoms with E-state index < -0.39 is 0 Å². The van der Waals surface area contributed by atoms with Gasteiger partial charge in [0.2, 0.25) is 16.9 Å². The van der Waals surface area contributed by atoms with Gasteiger partial charge < -0.3 is 10.2 Å². The van der Waals surface area contributed by atoms with Crippen LogP contribution < -0.4 is 5.32 Å². The second-order valence-corrected chi connectivity index (χ2v) is 10.7. The summed E-state index contributed by atoms with van der Waals surface area (Å²) in [5, 5.41) is 12.5. The third-order valence-electron chi connectivity index (χ3n) is 7.18. The minimum absolute atomic E-state index is 0.0441. The Balaban J connectivity index is 1.20. The molecule has 0 aliphatic heterocycles. The van der Waals surface area contributed by atoms with Crippen molar-refractivity contribution >= 4 is 28.3 Å². The zero-order valence-electron chi connectivity index (χ0n) is 20.2. The van der Waals surface area contributed by atoms with E-state index in [0.29, 0.717) is 17.6 Å². The fraction of sp³-hybridized carbons (Fsp3) is 0.429. The highest BCUT2D eigenvalue weighted by Gasteiger charge is 2.46. The van der Waals surface area contributed by atoms with Crippen molar-refractivity contribution in [3.05, 3.63) is 65.7 Å². The Morgan fingerprint density at radius 1 is 1.00 bits per heavy atom. The van der Waals surface area contributed by atoms with Crippen LogP contribution in [0, 0.1) is 12.8 Å². The summed E-state index contributed by atoms with van der Waals surface area (Å²) in [7, 11) is 0. The normalized spacial score (nSPS) is 19.8. The number of amides is 2. The van der Waals surface area contributed by atoms with Gasteiger partial charge in [-0.05, 0) is 37.7 Å². The molecule has 35 heavy (non-hydrogen) atoms. The van der Waals surface area contributed by atoms with Crippen LogP contribution in [0.5, 0.6) is 0 Å². The summed E-state index contributed by atoms with van der Waals surface area (Å²) in [6, 6.07) is 18.7. The molecule has 6 nitrogen and oxygen atoms in total. The van der Waals surface area contributed by atoms with Crippen molar-refractivity contribution in [2.45, 2.75) is 63.8 Å². The third kappa shape index (κ3) is 5.78. The Morgan fingerprint density at radius 3 is 2.49 bits per heavy atom. The molecule has 3 aromatic rings. The van der Waals surface area contributed by atoms with Gasteiger partial charge in [-0.3, -0.25) is 9.59 Å². The quantitative estimate of drug-likeness (QED) is 0.434. The van der Waals surface area contributed by atoms with Crippen LogP contribution in [0.4, 0.5) is 5.13 Å². The molecular weight excluding hydrogens is 456 g/mol. The minimum atomic E-state index is -0.124. The number of aryl methyl sites for hydroxylation is 1. The fourth-order valence-electron chi connectivity index (χ4n) is 5.11. The Kier molecular flexibility index (Phi) is 7.23. The van der Waals surface area contributed by atoms with Crippen molar-refractivity contribution < 1.29 is 9.59 Å². The van der Waals surface area contributed by atoms with Crippen LogP contribution in [-0.2, 0) is 9.59 Å². The second kappa shape index (κ2) is 10.7. The minimum Gasteiger partial charge on any atom is -0.339 e. The van der Waals surface area contributed by atoms with Crippen LogP contribution in [0.3, 0.4) is 0 Å². The zero-order valence-corrected chi connectivity index (χ0v) is 21.0. The molecule has 2 fully saturated rings. The molecule has 2 atom stereocenters. The summed E-state index contributed by atoms with van der Waals surface area (Å²) in [4.78, 5) is 28.3. The van der Waals surface area contributed by atoms with Gasteiger partial charge in [-0.25, -0.2) is 0 Å². The molecule has 0 spiro atoms. The molecule has 0 bridgehead atoms. The Labute approximate surface area is 210 Å².